The largest absolute Gasteiger partial charge is 0.451 e. The van der Waals surface area contributed by atoms with Crippen LogP contribution in [-0.4, -0.2) is 27.6 Å². The molecule has 1 aromatic carbocycles. The standard InChI is InChI=1S/C16H18N2O3/c1-10-15(16(20)21-13(4)12(3)19)11(2)18(17-10)14-8-6-5-7-9-14/h5-9,13H,1-4H3/t13-/m1/s1. The first kappa shape index (κ1) is 15.0. The van der Waals surface area contributed by atoms with Crippen LogP contribution in [0.25, 0.3) is 5.69 Å². The third-order valence-corrected chi connectivity index (χ3v) is 3.35. The molecule has 2 aromatic rings. The first-order chi connectivity index (χ1) is 9.91. The Morgan fingerprint density at radius 1 is 1.19 bits per heavy atom. The van der Waals surface area contributed by atoms with Crippen LogP contribution in [0.15, 0.2) is 30.3 Å². The van der Waals surface area contributed by atoms with Crippen molar-refractivity contribution < 1.29 is 14.3 Å². The Labute approximate surface area is 123 Å². The molecule has 1 heterocycles. The van der Waals surface area contributed by atoms with Crippen LogP contribution < -0.4 is 0 Å². The van der Waals surface area contributed by atoms with Crippen molar-refractivity contribution in [1.29, 1.82) is 0 Å². The number of benzene rings is 1. The number of aryl methyl sites for hydroxylation is 1. The van der Waals surface area contributed by atoms with Crippen molar-refractivity contribution in [3.05, 3.63) is 47.3 Å². The summed E-state index contributed by atoms with van der Waals surface area (Å²) in [5, 5.41) is 4.38. The first-order valence-electron chi connectivity index (χ1n) is 6.75. The molecule has 0 bridgehead atoms. The summed E-state index contributed by atoms with van der Waals surface area (Å²) in [6.45, 7) is 6.51. The number of ether oxygens (including phenoxy) is 1. The molecule has 1 atom stereocenters. The fraction of sp³-hybridized carbons (Fsp3) is 0.312. The third kappa shape index (κ3) is 3.02. The van der Waals surface area contributed by atoms with Gasteiger partial charge in [0, 0.05) is 0 Å². The van der Waals surface area contributed by atoms with Gasteiger partial charge in [0.2, 0.25) is 0 Å². The lowest BCUT2D eigenvalue weighted by Crippen LogP contribution is -2.22. The summed E-state index contributed by atoms with van der Waals surface area (Å²) in [7, 11) is 0. The van der Waals surface area contributed by atoms with Crippen LogP contribution in [0.1, 0.15) is 35.6 Å². The van der Waals surface area contributed by atoms with E-state index in [0.717, 1.165) is 5.69 Å². The second-order valence-corrected chi connectivity index (χ2v) is 4.95. The van der Waals surface area contributed by atoms with E-state index in [1.807, 2.05) is 37.3 Å². The van der Waals surface area contributed by atoms with Crippen molar-refractivity contribution in [3.8, 4) is 5.69 Å². The minimum Gasteiger partial charge on any atom is -0.451 e. The van der Waals surface area contributed by atoms with Crippen LogP contribution in [-0.2, 0) is 9.53 Å². The molecule has 0 N–H and O–H groups in total. The average molecular weight is 286 g/mol. The molecule has 0 aliphatic rings. The minimum atomic E-state index is -0.753. The highest BCUT2D eigenvalue weighted by Gasteiger charge is 2.23. The van der Waals surface area contributed by atoms with Crippen molar-refractivity contribution >= 4 is 11.8 Å². The Hall–Kier alpha value is -2.43. The van der Waals surface area contributed by atoms with E-state index in [4.69, 9.17) is 4.74 Å². The first-order valence-corrected chi connectivity index (χ1v) is 6.75. The van der Waals surface area contributed by atoms with Gasteiger partial charge in [-0.05, 0) is 39.8 Å². The number of aromatic nitrogens is 2. The van der Waals surface area contributed by atoms with Gasteiger partial charge in [-0.1, -0.05) is 18.2 Å². The Morgan fingerprint density at radius 3 is 2.38 bits per heavy atom. The minimum absolute atomic E-state index is 0.186. The maximum atomic E-state index is 12.2. The number of ketones is 1. The molecule has 5 nitrogen and oxygen atoms in total. The van der Waals surface area contributed by atoms with Crippen LogP contribution in [0.5, 0.6) is 0 Å². The molecule has 0 fully saturated rings. The molecule has 1 aromatic heterocycles. The van der Waals surface area contributed by atoms with Gasteiger partial charge >= 0.3 is 5.97 Å². The molecule has 0 aliphatic heterocycles. The third-order valence-electron chi connectivity index (χ3n) is 3.35. The molecule has 0 saturated carbocycles. The smallest absolute Gasteiger partial charge is 0.342 e. The van der Waals surface area contributed by atoms with Gasteiger partial charge in [-0.2, -0.15) is 5.10 Å². The summed E-state index contributed by atoms with van der Waals surface area (Å²) >= 11 is 0. The van der Waals surface area contributed by atoms with Gasteiger partial charge in [-0.15, -0.1) is 0 Å². The zero-order chi connectivity index (χ0) is 15.6. The highest BCUT2D eigenvalue weighted by atomic mass is 16.5. The molecule has 0 aliphatic carbocycles. The molecule has 21 heavy (non-hydrogen) atoms. The van der Waals surface area contributed by atoms with Crippen LogP contribution >= 0.6 is 0 Å². The van der Waals surface area contributed by atoms with Gasteiger partial charge in [0.1, 0.15) is 5.56 Å². The van der Waals surface area contributed by atoms with Crippen LogP contribution in [0, 0.1) is 13.8 Å². The normalized spacial score (nSPS) is 12.0. The number of hydrogen-bond acceptors (Lipinski definition) is 4. The van der Waals surface area contributed by atoms with E-state index in [0.29, 0.717) is 17.0 Å². The van der Waals surface area contributed by atoms with Gasteiger partial charge < -0.3 is 4.74 Å². The second-order valence-electron chi connectivity index (χ2n) is 4.95. The zero-order valence-electron chi connectivity index (χ0n) is 12.6. The Balaban J connectivity index is 2.36. The van der Waals surface area contributed by atoms with Crippen molar-refractivity contribution in [2.75, 3.05) is 0 Å². The van der Waals surface area contributed by atoms with Crippen molar-refractivity contribution in [3.63, 3.8) is 0 Å². The van der Waals surface area contributed by atoms with Crippen molar-refractivity contribution in [1.82, 2.24) is 9.78 Å². The van der Waals surface area contributed by atoms with E-state index < -0.39 is 12.1 Å². The fourth-order valence-electron chi connectivity index (χ4n) is 2.06. The molecule has 110 valence electrons. The fourth-order valence-corrected chi connectivity index (χ4v) is 2.06. The van der Waals surface area contributed by atoms with Gasteiger partial charge in [0.25, 0.3) is 0 Å². The summed E-state index contributed by atoms with van der Waals surface area (Å²) in [6.07, 6.45) is -0.753. The van der Waals surface area contributed by atoms with Gasteiger partial charge in [-0.25, -0.2) is 9.48 Å². The second kappa shape index (κ2) is 5.91. The number of carbonyl (C=O) groups is 2. The Bertz CT molecular complexity index is 674. The van der Waals surface area contributed by atoms with E-state index in [-0.39, 0.29) is 5.78 Å². The van der Waals surface area contributed by atoms with Crippen LogP contribution in [0.3, 0.4) is 0 Å². The Morgan fingerprint density at radius 2 is 1.81 bits per heavy atom. The summed E-state index contributed by atoms with van der Waals surface area (Å²) in [4.78, 5) is 23.4. The lowest BCUT2D eigenvalue weighted by Gasteiger charge is -2.10. The molecular formula is C16H18N2O3. The number of rotatable bonds is 4. The summed E-state index contributed by atoms with van der Waals surface area (Å²) in [5.41, 5.74) is 2.56. The summed E-state index contributed by atoms with van der Waals surface area (Å²) < 4.78 is 6.87. The SMILES string of the molecule is CC(=O)[C@@H](C)OC(=O)c1c(C)nn(-c2ccccc2)c1C. The predicted octanol–water partition coefficient (Wildman–Crippen LogP) is 2.62. The topological polar surface area (TPSA) is 61.2 Å². The molecular weight excluding hydrogens is 268 g/mol. The number of hydrogen-bond donors (Lipinski definition) is 0. The van der Waals surface area contributed by atoms with E-state index in [1.165, 1.54) is 6.92 Å². The van der Waals surface area contributed by atoms with Crippen molar-refractivity contribution in [2.45, 2.75) is 33.8 Å². The Kier molecular flexibility index (Phi) is 4.21. The quantitative estimate of drug-likeness (QED) is 0.811. The number of Topliss-reactive ketones (excluding diaryl/α,β-unsaturated/α-hetero) is 1. The summed E-state index contributed by atoms with van der Waals surface area (Å²) in [5.74, 6) is -0.705. The molecule has 0 spiro atoms. The van der Waals surface area contributed by atoms with Crippen LogP contribution in [0.2, 0.25) is 0 Å². The molecule has 0 radical (unpaired) electrons. The predicted molar refractivity (Wildman–Crippen MR) is 78.6 cm³/mol. The molecule has 2 rings (SSSR count). The number of nitrogens with zero attached hydrogens (tertiary/aromatic N) is 2. The highest BCUT2D eigenvalue weighted by molar-refractivity contribution is 5.94. The maximum Gasteiger partial charge on any atom is 0.342 e. The molecule has 0 unspecified atom stereocenters. The van der Waals surface area contributed by atoms with Crippen molar-refractivity contribution in [2.24, 2.45) is 0 Å². The molecule has 5 heteroatoms. The monoisotopic (exact) mass is 286 g/mol. The van der Waals surface area contributed by atoms with E-state index in [1.54, 1.807) is 18.5 Å². The summed E-state index contributed by atoms with van der Waals surface area (Å²) in [6, 6.07) is 9.54. The average Bonchev–Trinajstić information content (AvgIpc) is 2.74. The molecule has 0 saturated heterocycles. The van der Waals surface area contributed by atoms with Gasteiger partial charge in [0.15, 0.2) is 11.9 Å². The van der Waals surface area contributed by atoms with E-state index >= 15 is 0 Å². The number of carbonyl (C=O) groups excluding carboxylic acids is 2. The van der Waals surface area contributed by atoms with E-state index in [9.17, 15) is 9.59 Å². The van der Waals surface area contributed by atoms with E-state index in [2.05, 4.69) is 5.10 Å². The zero-order valence-corrected chi connectivity index (χ0v) is 12.6. The lowest BCUT2D eigenvalue weighted by molar-refractivity contribution is -0.124. The highest BCUT2D eigenvalue weighted by Crippen LogP contribution is 2.19. The number of para-hydroxylation sites is 1. The van der Waals surface area contributed by atoms with Gasteiger partial charge in [-0.3, -0.25) is 4.79 Å². The number of esters is 1. The van der Waals surface area contributed by atoms with Crippen LogP contribution in [0.4, 0.5) is 0 Å². The van der Waals surface area contributed by atoms with Gasteiger partial charge in [0.05, 0.1) is 17.1 Å². The lowest BCUT2D eigenvalue weighted by atomic mass is 10.2. The molecule has 0 amide bonds. The maximum absolute atomic E-state index is 12.2.